The number of piperazine rings is 1. The third-order valence-electron chi connectivity index (χ3n) is 8.67. The van der Waals surface area contributed by atoms with Gasteiger partial charge in [0.15, 0.2) is 0 Å². The molecule has 1 fully saturated rings. The first-order chi connectivity index (χ1) is 23.0. The molecule has 8 nitrogen and oxygen atoms in total. The average molecular weight is 686 g/mol. The average Bonchev–Trinajstić information content (AvgIpc) is 3.41. The number of carbonyl (C=O) groups excluding carboxylic acids is 2. The molecule has 0 N–H and O–H groups in total. The fourth-order valence-electron chi connectivity index (χ4n) is 6.45. The molecule has 4 heterocycles. The Morgan fingerprint density at radius 1 is 0.918 bits per heavy atom. The molecular formula is C35H33F6N5O3. The summed E-state index contributed by atoms with van der Waals surface area (Å²) in [4.78, 5) is 38.9. The van der Waals surface area contributed by atoms with Crippen LogP contribution in [-0.2, 0) is 23.5 Å². The standard InChI is InChI=1S/C35H33F6N5O3/c1-33(2,3)49-32(48)46-17-23(29-6-4-5-7-30(29)46)12-28-18-44-16-21(24-14-42-20-43-15-24)8-9-27(44)19-45(28)31(47)22-10-25(34(36,37)38)13-26(11-22)35(39,40)41/h4-7,10-11,13-17,20,27-28H,8-9,12,18-19H2,1-3H3/t27?,28-/m1/s1. The molecule has 4 aromatic rings. The van der Waals surface area contributed by atoms with Gasteiger partial charge in [0.25, 0.3) is 5.91 Å². The van der Waals surface area contributed by atoms with Crippen LogP contribution < -0.4 is 0 Å². The van der Waals surface area contributed by atoms with E-state index in [4.69, 9.17) is 4.74 Å². The Morgan fingerprint density at radius 3 is 2.20 bits per heavy atom. The topological polar surface area (TPSA) is 80.6 Å². The number of para-hydroxylation sites is 1. The third kappa shape index (κ3) is 7.27. The zero-order chi connectivity index (χ0) is 35.3. The molecule has 2 aromatic heterocycles. The van der Waals surface area contributed by atoms with E-state index < -0.39 is 52.7 Å². The van der Waals surface area contributed by atoms with Gasteiger partial charge in [0, 0.05) is 60.4 Å². The van der Waals surface area contributed by atoms with E-state index in [9.17, 15) is 35.9 Å². The largest absolute Gasteiger partial charge is 0.443 e. The van der Waals surface area contributed by atoms with Crippen LogP contribution in [0.15, 0.2) is 73.6 Å². The van der Waals surface area contributed by atoms with Crippen molar-refractivity contribution in [1.82, 2.24) is 24.3 Å². The zero-order valence-corrected chi connectivity index (χ0v) is 26.8. The third-order valence-corrected chi connectivity index (χ3v) is 8.67. The number of fused-ring (bicyclic) bond motifs is 2. The van der Waals surface area contributed by atoms with E-state index >= 15 is 0 Å². The van der Waals surface area contributed by atoms with Crippen molar-refractivity contribution in [1.29, 1.82) is 0 Å². The first-order valence-corrected chi connectivity index (χ1v) is 15.6. The van der Waals surface area contributed by atoms with Crippen LogP contribution >= 0.6 is 0 Å². The smallest absolute Gasteiger partial charge is 0.419 e. The number of aromatic nitrogens is 3. The van der Waals surface area contributed by atoms with Crippen LogP contribution in [0.3, 0.4) is 0 Å². The van der Waals surface area contributed by atoms with Gasteiger partial charge in [-0.15, -0.1) is 0 Å². The van der Waals surface area contributed by atoms with E-state index in [-0.39, 0.29) is 31.6 Å². The molecule has 258 valence electrons. The minimum Gasteiger partial charge on any atom is -0.443 e. The number of hydrogen-bond donors (Lipinski definition) is 0. The van der Waals surface area contributed by atoms with Crippen molar-refractivity contribution in [3.05, 3.63) is 101 Å². The first kappa shape index (κ1) is 34.0. The van der Waals surface area contributed by atoms with Crippen molar-refractivity contribution in [2.24, 2.45) is 0 Å². The summed E-state index contributed by atoms with van der Waals surface area (Å²) in [5.41, 5.74) is -1.62. The number of alkyl halides is 6. The van der Waals surface area contributed by atoms with Crippen LogP contribution in [0.4, 0.5) is 31.1 Å². The molecule has 2 aliphatic rings. The fourth-order valence-corrected chi connectivity index (χ4v) is 6.45. The lowest BCUT2D eigenvalue weighted by Crippen LogP contribution is -2.59. The Morgan fingerprint density at radius 2 is 1.57 bits per heavy atom. The number of benzene rings is 2. The lowest BCUT2D eigenvalue weighted by Gasteiger charge is -2.48. The van der Waals surface area contributed by atoms with E-state index in [1.165, 1.54) is 15.8 Å². The van der Waals surface area contributed by atoms with Crippen LogP contribution in [0.2, 0.25) is 0 Å². The summed E-state index contributed by atoms with van der Waals surface area (Å²) < 4.78 is 89.6. The molecule has 0 bridgehead atoms. The van der Waals surface area contributed by atoms with Crippen LogP contribution in [0.25, 0.3) is 16.5 Å². The zero-order valence-electron chi connectivity index (χ0n) is 26.8. The van der Waals surface area contributed by atoms with Crippen molar-refractivity contribution < 1.29 is 40.7 Å². The second-order valence-corrected chi connectivity index (χ2v) is 13.3. The Kier molecular flexibility index (Phi) is 8.70. The minimum atomic E-state index is -5.11. The molecule has 2 atom stereocenters. The highest BCUT2D eigenvalue weighted by molar-refractivity contribution is 5.95. The summed E-state index contributed by atoms with van der Waals surface area (Å²) in [5.74, 6) is -0.941. The molecular weight excluding hydrogens is 652 g/mol. The van der Waals surface area contributed by atoms with Gasteiger partial charge in [-0.3, -0.25) is 9.36 Å². The second-order valence-electron chi connectivity index (χ2n) is 13.3. The normalized spacial score (nSPS) is 18.7. The summed E-state index contributed by atoms with van der Waals surface area (Å²) >= 11 is 0. The van der Waals surface area contributed by atoms with E-state index in [1.54, 1.807) is 63.6 Å². The van der Waals surface area contributed by atoms with Gasteiger partial charge in [-0.05, 0) is 75.4 Å². The van der Waals surface area contributed by atoms with Gasteiger partial charge >= 0.3 is 18.4 Å². The maximum absolute atomic E-state index is 14.1. The quantitative estimate of drug-likeness (QED) is 0.204. The molecule has 49 heavy (non-hydrogen) atoms. The van der Waals surface area contributed by atoms with Gasteiger partial charge in [0.1, 0.15) is 11.9 Å². The highest BCUT2D eigenvalue weighted by Gasteiger charge is 2.41. The predicted octanol–water partition coefficient (Wildman–Crippen LogP) is 7.82. The molecule has 1 unspecified atom stereocenters. The van der Waals surface area contributed by atoms with Crippen molar-refractivity contribution in [3.8, 4) is 0 Å². The van der Waals surface area contributed by atoms with Crippen molar-refractivity contribution >= 4 is 28.5 Å². The first-order valence-electron chi connectivity index (χ1n) is 15.6. The molecule has 6 rings (SSSR count). The van der Waals surface area contributed by atoms with E-state index in [1.807, 2.05) is 6.20 Å². The lowest BCUT2D eigenvalue weighted by molar-refractivity contribution is -0.143. The fraction of sp³-hybridized carbons (Fsp3) is 0.371. The van der Waals surface area contributed by atoms with Gasteiger partial charge in [-0.1, -0.05) is 18.2 Å². The number of allylic oxidation sites excluding steroid dienone is 1. The monoisotopic (exact) mass is 685 g/mol. The molecule has 2 aliphatic heterocycles. The van der Waals surface area contributed by atoms with Gasteiger partial charge < -0.3 is 14.5 Å². The highest BCUT2D eigenvalue weighted by atomic mass is 19.4. The maximum Gasteiger partial charge on any atom is 0.419 e. The van der Waals surface area contributed by atoms with Gasteiger partial charge in [0.05, 0.1) is 22.7 Å². The van der Waals surface area contributed by atoms with E-state index in [0.29, 0.717) is 41.4 Å². The van der Waals surface area contributed by atoms with Gasteiger partial charge in [-0.2, -0.15) is 26.3 Å². The second kappa shape index (κ2) is 12.5. The maximum atomic E-state index is 14.1. The van der Waals surface area contributed by atoms with Crippen molar-refractivity contribution in [2.45, 2.75) is 70.1 Å². The summed E-state index contributed by atoms with van der Waals surface area (Å²) in [6.45, 7) is 5.49. The number of nitrogens with zero attached hydrogens (tertiary/aromatic N) is 5. The summed E-state index contributed by atoms with van der Waals surface area (Å²) in [5, 5.41) is 0.692. The van der Waals surface area contributed by atoms with Crippen LogP contribution in [-0.4, -0.2) is 67.1 Å². The summed E-state index contributed by atoms with van der Waals surface area (Å²) in [7, 11) is 0. The number of carbonyl (C=O) groups is 2. The number of rotatable bonds is 4. The summed E-state index contributed by atoms with van der Waals surface area (Å²) in [6, 6.07) is 7.11. The van der Waals surface area contributed by atoms with Crippen LogP contribution in [0.5, 0.6) is 0 Å². The number of hydrogen-bond acceptors (Lipinski definition) is 6. The molecule has 2 aromatic carbocycles. The Balaban J connectivity index is 1.41. The molecule has 1 amide bonds. The molecule has 0 aliphatic carbocycles. The number of amides is 1. The van der Waals surface area contributed by atoms with Crippen molar-refractivity contribution in [3.63, 3.8) is 0 Å². The summed E-state index contributed by atoms with van der Waals surface area (Å²) in [6.07, 6.45) is -1.15. The van der Waals surface area contributed by atoms with Gasteiger partial charge in [-0.25, -0.2) is 14.8 Å². The number of halogens is 6. The van der Waals surface area contributed by atoms with Crippen LogP contribution in [0.1, 0.15) is 66.2 Å². The predicted molar refractivity (Wildman–Crippen MR) is 168 cm³/mol. The lowest BCUT2D eigenvalue weighted by atomic mass is 9.91. The Labute approximate surface area is 278 Å². The van der Waals surface area contributed by atoms with E-state index in [2.05, 4.69) is 14.9 Å². The molecule has 14 heteroatoms. The SMILES string of the molecule is CC(C)(C)OC(=O)n1cc(C[C@@H]2CN3C=C(c4cncnc4)CCC3CN2C(=O)c2cc(C(F)(F)F)cc(C(F)(F)F)c2)c2ccccc21. The van der Waals surface area contributed by atoms with Crippen molar-refractivity contribution in [2.75, 3.05) is 13.1 Å². The van der Waals surface area contributed by atoms with Gasteiger partial charge in [0.2, 0.25) is 0 Å². The van der Waals surface area contributed by atoms with E-state index in [0.717, 1.165) is 11.1 Å². The highest BCUT2D eigenvalue weighted by Crippen LogP contribution is 2.38. The molecule has 1 saturated heterocycles. The Bertz CT molecular complexity index is 1880. The molecule has 0 spiro atoms. The minimum absolute atomic E-state index is 0.0124. The van der Waals surface area contributed by atoms with Crippen LogP contribution in [0, 0.1) is 0 Å². The molecule has 0 saturated carbocycles. The Hall–Kier alpha value is -4.88. The number of ether oxygens (including phenoxy) is 1. The molecule has 0 radical (unpaired) electrons.